The van der Waals surface area contributed by atoms with E-state index < -0.39 is 28.8 Å². The molecular formula is C9H10N2O6. The van der Waals surface area contributed by atoms with Crippen LogP contribution in [0.25, 0.3) is 0 Å². The van der Waals surface area contributed by atoms with Gasteiger partial charge in [-0.3, -0.25) is 14.9 Å². The zero-order chi connectivity index (χ0) is 13.2. The van der Waals surface area contributed by atoms with Crippen molar-refractivity contribution in [2.45, 2.75) is 12.1 Å². The highest BCUT2D eigenvalue weighted by atomic mass is 16.6. The fraction of sp³-hybridized carbons (Fsp3) is 0.222. The number of aliphatic carboxylic acids is 1. The number of aromatic hydroxyl groups is 1. The summed E-state index contributed by atoms with van der Waals surface area (Å²) in [4.78, 5) is 20.3. The van der Waals surface area contributed by atoms with Gasteiger partial charge in [0.25, 0.3) is 5.69 Å². The first-order valence-corrected chi connectivity index (χ1v) is 4.48. The van der Waals surface area contributed by atoms with Gasteiger partial charge in [0.2, 0.25) is 0 Å². The molecule has 0 aliphatic heterocycles. The van der Waals surface area contributed by atoms with E-state index in [2.05, 4.69) is 0 Å². The number of nitro benzene ring substituents is 1. The monoisotopic (exact) mass is 242 g/mol. The van der Waals surface area contributed by atoms with Crippen LogP contribution in [0.15, 0.2) is 18.2 Å². The van der Waals surface area contributed by atoms with E-state index in [1.165, 1.54) is 0 Å². The maximum Gasteiger partial charge on any atom is 0.323 e. The highest BCUT2D eigenvalue weighted by molar-refractivity contribution is 5.74. The molecule has 5 N–H and O–H groups in total. The molecule has 2 atom stereocenters. The van der Waals surface area contributed by atoms with Crippen molar-refractivity contribution in [3.63, 3.8) is 0 Å². The van der Waals surface area contributed by atoms with Crippen molar-refractivity contribution in [1.29, 1.82) is 0 Å². The Labute approximate surface area is 95.1 Å². The summed E-state index contributed by atoms with van der Waals surface area (Å²) in [5.41, 5.74) is 4.48. The summed E-state index contributed by atoms with van der Waals surface area (Å²) in [6, 6.07) is 1.22. The highest BCUT2D eigenvalue weighted by Gasteiger charge is 2.27. The molecule has 0 radical (unpaired) electrons. The molecule has 1 rings (SSSR count). The molecule has 0 aliphatic rings. The van der Waals surface area contributed by atoms with Gasteiger partial charge in [0.15, 0.2) is 0 Å². The Kier molecular flexibility index (Phi) is 3.61. The molecule has 0 saturated heterocycles. The largest absolute Gasteiger partial charge is 0.508 e. The highest BCUT2D eigenvalue weighted by Crippen LogP contribution is 2.29. The van der Waals surface area contributed by atoms with Gasteiger partial charge < -0.3 is 21.1 Å². The number of aliphatic hydroxyl groups excluding tert-OH is 1. The number of nitrogens with zero attached hydrogens (tertiary/aromatic N) is 1. The summed E-state index contributed by atoms with van der Waals surface area (Å²) < 4.78 is 0. The number of phenols is 1. The van der Waals surface area contributed by atoms with Crippen molar-refractivity contribution in [2.75, 3.05) is 0 Å². The van der Waals surface area contributed by atoms with Crippen LogP contribution in [0.5, 0.6) is 5.75 Å². The average molecular weight is 242 g/mol. The number of carboxylic acid groups (broad SMARTS) is 1. The lowest BCUT2D eigenvalue weighted by Crippen LogP contribution is -2.36. The van der Waals surface area contributed by atoms with Crippen molar-refractivity contribution in [3.05, 3.63) is 33.9 Å². The van der Waals surface area contributed by atoms with Crippen molar-refractivity contribution >= 4 is 11.7 Å². The number of phenolic OH excluding ortho intramolecular Hbond substituents is 1. The van der Waals surface area contributed by atoms with Gasteiger partial charge in [0, 0.05) is 17.7 Å². The molecule has 0 bridgehead atoms. The number of rotatable bonds is 4. The molecule has 0 aromatic heterocycles. The van der Waals surface area contributed by atoms with Gasteiger partial charge in [0.1, 0.15) is 17.9 Å². The molecule has 0 spiro atoms. The van der Waals surface area contributed by atoms with Crippen molar-refractivity contribution in [2.24, 2.45) is 5.73 Å². The molecule has 8 heteroatoms. The normalized spacial score (nSPS) is 14.0. The summed E-state index contributed by atoms with van der Waals surface area (Å²) in [6.07, 6.45) is -1.73. The molecule has 1 aromatic carbocycles. The van der Waals surface area contributed by atoms with Crippen LogP contribution < -0.4 is 5.73 Å². The van der Waals surface area contributed by atoms with E-state index in [0.29, 0.717) is 0 Å². The van der Waals surface area contributed by atoms with E-state index in [1.807, 2.05) is 0 Å². The molecule has 0 heterocycles. The lowest BCUT2D eigenvalue weighted by atomic mass is 10.0. The number of nitrogens with two attached hydrogens (primary N) is 1. The maximum absolute atomic E-state index is 10.5. The summed E-state index contributed by atoms with van der Waals surface area (Å²) in [7, 11) is 0. The van der Waals surface area contributed by atoms with Crippen LogP contribution in [0.4, 0.5) is 5.69 Å². The molecule has 0 amide bonds. The first-order valence-electron chi connectivity index (χ1n) is 4.48. The van der Waals surface area contributed by atoms with Crippen LogP contribution in [0.1, 0.15) is 11.7 Å². The van der Waals surface area contributed by atoms with Gasteiger partial charge in [-0.2, -0.15) is 0 Å². The number of aliphatic hydroxyl groups is 1. The molecule has 0 fully saturated rings. The minimum atomic E-state index is -1.73. The summed E-state index contributed by atoms with van der Waals surface area (Å²) in [5, 5.41) is 38.0. The second-order valence-electron chi connectivity index (χ2n) is 3.31. The van der Waals surface area contributed by atoms with Gasteiger partial charge >= 0.3 is 5.97 Å². The quantitative estimate of drug-likeness (QED) is 0.420. The number of non-ortho nitro benzene ring substituents is 1. The van der Waals surface area contributed by atoms with E-state index in [-0.39, 0.29) is 11.3 Å². The number of carbonyl (C=O) groups is 1. The van der Waals surface area contributed by atoms with Gasteiger partial charge in [-0.1, -0.05) is 0 Å². The molecule has 0 saturated carbocycles. The van der Waals surface area contributed by atoms with Gasteiger partial charge in [-0.05, 0) is 6.07 Å². The van der Waals surface area contributed by atoms with Crippen LogP contribution in [-0.4, -0.2) is 32.3 Å². The molecule has 2 unspecified atom stereocenters. The zero-order valence-electron chi connectivity index (χ0n) is 8.48. The summed E-state index contributed by atoms with van der Waals surface area (Å²) >= 11 is 0. The predicted molar refractivity (Wildman–Crippen MR) is 55.3 cm³/mol. The smallest absolute Gasteiger partial charge is 0.323 e. The maximum atomic E-state index is 10.5. The molecule has 92 valence electrons. The lowest BCUT2D eigenvalue weighted by Gasteiger charge is -2.16. The Balaban J connectivity index is 3.16. The van der Waals surface area contributed by atoms with Gasteiger partial charge in [0.05, 0.1) is 4.92 Å². The van der Waals surface area contributed by atoms with Crippen LogP contribution >= 0.6 is 0 Å². The Bertz CT molecular complexity index is 461. The first-order chi connectivity index (χ1) is 7.84. The molecular weight excluding hydrogens is 232 g/mol. The molecule has 1 aromatic rings. The average Bonchev–Trinajstić information content (AvgIpc) is 2.27. The summed E-state index contributed by atoms with van der Waals surface area (Å²) in [6.45, 7) is 0. The summed E-state index contributed by atoms with van der Waals surface area (Å²) in [5.74, 6) is -1.94. The van der Waals surface area contributed by atoms with Crippen LogP contribution in [-0.2, 0) is 4.79 Å². The van der Waals surface area contributed by atoms with Crippen LogP contribution in [0.3, 0.4) is 0 Å². The van der Waals surface area contributed by atoms with Crippen molar-refractivity contribution < 1.29 is 25.0 Å². The van der Waals surface area contributed by atoms with Crippen molar-refractivity contribution in [3.8, 4) is 5.75 Å². The Morgan fingerprint density at radius 2 is 2.06 bits per heavy atom. The standard InChI is InChI=1S/C9H10N2O6/c10-7(9(14)15)8(13)5-3-4(11(16)17)1-2-6(5)12/h1-3,7-8,12-13H,10H2,(H,14,15). The van der Waals surface area contributed by atoms with Crippen LogP contribution in [0.2, 0.25) is 0 Å². The second kappa shape index (κ2) is 4.76. The van der Waals surface area contributed by atoms with E-state index in [4.69, 9.17) is 10.8 Å². The topological polar surface area (TPSA) is 147 Å². The molecule has 8 nitrogen and oxygen atoms in total. The number of benzene rings is 1. The minimum absolute atomic E-state index is 0.297. The molecule has 17 heavy (non-hydrogen) atoms. The SMILES string of the molecule is NC(C(=O)O)C(O)c1cc([N+](=O)[O-])ccc1O. The van der Waals surface area contributed by atoms with Crippen LogP contribution in [0, 0.1) is 10.1 Å². The van der Waals surface area contributed by atoms with Gasteiger partial charge in [-0.25, -0.2) is 0 Å². The number of nitro groups is 1. The van der Waals surface area contributed by atoms with E-state index in [1.54, 1.807) is 0 Å². The van der Waals surface area contributed by atoms with Crippen molar-refractivity contribution in [1.82, 2.24) is 0 Å². The number of hydrogen-bond donors (Lipinski definition) is 4. The fourth-order valence-corrected chi connectivity index (χ4v) is 1.22. The van der Waals surface area contributed by atoms with Gasteiger partial charge in [-0.15, -0.1) is 0 Å². The fourth-order valence-electron chi connectivity index (χ4n) is 1.22. The predicted octanol–water partition coefficient (Wildman–Crippen LogP) is -0.254. The Morgan fingerprint density at radius 3 is 2.53 bits per heavy atom. The Hall–Kier alpha value is -2.19. The third-order valence-corrected chi connectivity index (χ3v) is 2.17. The van der Waals surface area contributed by atoms with E-state index >= 15 is 0 Å². The lowest BCUT2D eigenvalue weighted by molar-refractivity contribution is -0.385. The third-order valence-electron chi connectivity index (χ3n) is 2.17. The first kappa shape index (κ1) is 12.9. The second-order valence-corrected chi connectivity index (χ2v) is 3.31. The minimum Gasteiger partial charge on any atom is -0.508 e. The Morgan fingerprint density at radius 1 is 1.47 bits per heavy atom. The third kappa shape index (κ3) is 2.68. The molecule has 0 aliphatic carbocycles. The van der Waals surface area contributed by atoms with E-state index in [0.717, 1.165) is 18.2 Å². The number of carboxylic acids is 1. The number of hydrogen-bond acceptors (Lipinski definition) is 6. The van der Waals surface area contributed by atoms with E-state index in [9.17, 15) is 25.1 Å². The zero-order valence-corrected chi connectivity index (χ0v) is 8.48.